The van der Waals surface area contributed by atoms with Crippen molar-refractivity contribution in [2.75, 3.05) is 12.0 Å². The van der Waals surface area contributed by atoms with Gasteiger partial charge in [0.05, 0.1) is 12.8 Å². The molecule has 0 saturated carbocycles. The van der Waals surface area contributed by atoms with Gasteiger partial charge in [-0.25, -0.2) is 0 Å². The number of nitrogens with one attached hydrogen (secondary N) is 1. The molecule has 0 aromatic heterocycles. The van der Waals surface area contributed by atoms with E-state index in [0.717, 1.165) is 27.6 Å². The number of methoxy groups -OCH3 is 1. The van der Waals surface area contributed by atoms with Crippen molar-refractivity contribution in [1.29, 1.82) is 0 Å². The average molecular weight is 374 g/mol. The summed E-state index contributed by atoms with van der Waals surface area (Å²) in [5.41, 5.74) is 3.15. The van der Waals surface area contributed by atoms with E-state index in [1.165, 1.54) is 4.90 Å². The van der Waals surface area contributed by atoms with Crippen LogP contribution in [-0.2, 0) is 4.79 Å². The molecule has 1 N–H and O–H groups in total. The Hall–Kier alpha value is -3.18. The first-order chi connectivity index (χ1) is 13.1. The number of carbonyl (C=O) groups is 1. The highest BCUT2D eigenvalue weighted by Crippen LogP contribution is 2.31. The molecule has 1 aliphatic rings. The minimum absolute atomic E-state index is 0.182. The van der Waals surface area contributed by atoms with Crippen LogP contribution >= 0.6 is 12.2 Å². The molecule has 3 aromatic rings. The molecule has 0 spiro atoms. The molecule has 5 heteroatoms. The van der Waals surface area contributed by atoms with Gasteiger partial charge in [-0.1, -0.05) is 48.0 Å². The summed E-state index contributed by atoms with van der Waals surface area (Å²) < 4.78 is 5.52. The third-order valence-corrected chi connectivity index (χ3v) is 4.89. The monoisotopic (exact) mass is 374 g/mol. The van der Waals surface area contributed by atoms with Crippen molar-refractivity contribution in [3.63, 3.8) is 0 Å². The van der Waals surface area contributed by atoms with Crippen molar-refractivity contribution in [2.45, 2.75) is 6.92 Å². The Morgan fingerprint density at radius 2 is 1.78 bits per heavy atom. The van der Waals surface area contributed by atoms with Crippen molar-refractivity contribution < 1.29 is 9.53 Å². The van der Waals surface area contributed by atoms with Gasteiger partial charge in [-0.3, -0.25) is 9.69 Å². The number of amides is 1. The minimum Gasteiger partial charge on any atom is -0.496 e. The summed E-state index contributed by atoms with van der Waals surface area (Å²) in [4.78, 5) is 14.5. The Morgan fingerprint density at radius 3 is 2.52 bits per heavy atom. The molecule has 0 atom stereocenters. The smallest absolute Gasteiger partial charge is 0.281 e. The Bertz CT molecular complexity index is 1090. The highest BCUT2D eigenvalue weighted by atomic mass is 32.1. The number of ether oxygens (including phenoxy) is 1. The van der Waals surface area contributed by atoms with Crippen molar-refractivity contribution in [2.24, 2.45) is 0 Å². The van der Waals surface area contributed by atoms with E-state index >= 15 is 0 Å². The lowest BCUT2D eigenvalue weighted by atomic mass is 10.0. The van der Waals surface area contributed by atoms with Gasteiger partial charge < -0.3 is 10.1 Å². The summed E-state index contributed by atoms with van der Waals surface area (Å²) in [5, 5.41) is 5.50. The van der Waals surface area contributed by atoms with E-state index in [4.69, 9.17) is 17.0 Å². The van der Waals surface area contributed by atoms with E-state index in [-0.39, 0.29) is 5.91 Å². The first-order valence-electron chi connectivity index (χ1n) is 8.58. The second-order valence-electron chi connectivity index (χ2n) is 6.37. The first kappa shape index (κ1) is 17.2. The number of fused-ring (bicyclic) bond motifs is 1. The van der Waals surface area contributed by atoms with Gasteiger partial charge in [-0.2, -0.15) is 0 Å². The van der Waals surface area contributed by atoms with E-state index in [1.807, 2.05) is 73.7 Å². The van der Waals surface area contributed by atoms with Crippen molar-refractivity contribution in [3.8, 4) is 5.75 Å². The Labute approximate surface area is 163 Å². The van der Waals surface area contributed by atoms with Crippen LogP contribution in [0.3, 0.4) is 0 Å². The van der Waals surface area contributed by atoms with Crippen LogP contribution in [0.15, 0.2) is 66.4 Å². The molecule has 0 aliphatic carbocycles. The van der Waals surface area contributed by atoms with Crippen LogP contribution in [0.2, 0.25) is 0 Å². The zero-order chi connectivity index (χ0) is 19.0. The van der Waals surface area contributed by atoms with E-state index in [2.05, 4.69) is 5.32 Å². The molecule has 1 heterocycles. The van der Waals surface area contributed by atoms with Gasteiger partial charge in [-0.05, 0) is 54.2 Å². The van der Waals surface area contributed by atoms with Gasteiger partial charge >= 0.3 is 0 Å². The molecule has 3 aromatic carbocycles. The molecule has 1 aliphatic heterocycles. The Kier molecular flexibility index (Phi) is 4.38. The van der Waals surface area contributed by atoms with Crippen LogP contribution in [0.5, 0.6) is 5.75 Å². The molecule has 0 bridgehead atoms. The van der Waals surface area contributed by atoms with Crippen molar-refractivity contribution >= 4 is 45.8 Å². The summed E-state index contributed by atoms with van der Waals surface area (Å²) in [5.74, 6) is 0.523. The van der Waals surface area contributed by atoms with Crippen molar-refractivity contribution in [1.82, 2.24) is 5.32 Å². The largest absolute Gasteiger partial charge is 0.496 e. The molecule has 4 nitrogen and oxygen atoms in total. The molecule has 1 amide bonds. The molecule has 4 rings (SSSR count). The number of carbonyl (C=O) groups excluding carboxylic acids is 1. The number of thiocarbonyl (C=S) groups is 1. The number of rotatable bonds is 3. The van der Waals surface area contributed by atoms with Gasteiger partial charge in [0.25, 0.3) is 5.91 Å². The van der Waals surface area contributed by atoms with E-state index < -0.39 is 0 Å². The van der Waals surface area contributed by atoms with Crippen LogP contribution in [-0.4, -0.2) is 18.1 Å². The maximum absolute atomic E-state index is 13.0. The molecule has 0 unspecified atom stereocenters. The molecule has 27 heavy (non-hydrogen) atoms. The zero-order valence-corrected chi connectivity index (χ0v) is 15.8. The summed E-state index contributed by atoms with van der Waals surface area (Å²) >= 11 is 5.40. The predicted octanol–water partition coefficient (Wildman–Crippen LogP) is 4.42. The van der Waals surface area contributed by atoms with Crippen molar-refractivity contribution in [3.05, 3.63) is 77.5 Å². The molecular formula is C22H18N2O2S. The predicted molar refractivity (Wildman–Crippen MR) is 113 cm³/mol. The third kappa shape index (κ3) is 3.06. The van der Waals surface area contributed by atoms with Crippen LogP contribution < -0.4 is 15.0 Å². The summed E-state index contributed by atoms with van der Waals surface area (Å²) in [6.07, 6.45) is 1.81. The Morgan fingerprint density at radius 1 is 1.04 bits per heavy atom. The maximum Gasteiger partial charge on any atom is 0.281 e. The minimum atomic E-state index is -0.182. The molecule has 134 valence electrons. The number of aryl methyl sites for hydroxylation is 1. The molecule has 1 fully saturated rings. The van der Waals surface area contributed by atoms with Crippen LogP contribution in [0.4, 0.5) is 5.69 Å². The fraction of sp³-hybridized carbons (Fsp3) is 0.0909. The normalized spacial score (nSPS) is 15.5. The quantitative estimate of drug-likeness (QED) is 0.544. The number of hydrogen-bond donors (Lipinski definition) is 1. The zero-order valence-electron chi connectivity index (χ0n) is 15.0. The van der Waals surface area contributed by atoms with E-state index in [1.54, 1.807) is 7.11 Å². The fourth-order valence-corrected chi connectivity index (χ4v) is 3.51. The average Bonchev–Trinajstić information content (AvgIpc) is 2.96. The Balaban J connectivity index is 1.79. The molecule has 0 radical (unpaired) electrons. The van der Waals surface area contributed by atoms with Crippen LogP contribution in [0.1, 0.15) is 11.1 Å². The van der Waals surface area contributed by atoms with Gasteiger partial charge in [0.15, 0.2) is 5.11 Å². The second-order valence-corrected chi connectivity index (χ2v) is 6.75. The van der Waals surface area contributed by atoms with Crippen LogP contribution in [0, 0.1) is 6.92 Å². The number of nitrogens with zero attached hydrogens (tertiary/aromatic N) is 1. The fourth-order valence-electron chi connectivity index (χ4n) is 3.21. The highest BCUT2D eigenvalue weighted by molar-refractivity contribution is 7.80. The molecular weight excluding hydrogens is 356 g/mol. The van der Waals surface area contributed by atoms with Gasteiger partial charge in [-0.15, -0.1) is 0 Å². The number of benzene rings is 3. The van der Waals surface area contributed by atoms with Gasteiger partial charge in [0.1, 0.15) is 11.4 Å². The lowest BCUT2D eigenvalue weighted by Gasteiger charge is -2.14. The molecule has 1 saturated heterocycles. The maximum atomic E-state index is 13.0. The number of anilines is 1. The lowest BCUT2D eigenvalue weighted by molar-refractivity contribution is -0.113. The third-order valence-electron chi connectivity index (χ3n) is 4.61. The van der Waals surface area contributed by atoms with E-state index in [0.29, 0.717) is 16.6 Å². The van der Waals surface area contributed by atoms with Gasteiger partial charge in [0.2, 0.25) is 0 Å². The first-order valence-corrected chi connectivity index (χ1v) is 8.99. The SMILES string of the molecule is COc1ccc2ccccc2c1/C=C1\NC(=S)N(c2ccc(C)cc2)C1=O. The summed E-state index contributed by atoms with van der Waals surface area (Å²) in [7, 11) is 1.62. The number of hydrogen-bond acceptors (Lipinski definition) is 3. The standard InChI is InChI=1S/C22H18N2O2S/c1-14-7-10-16(11-8-14)24-21(25)19(23-22(24)27)13-18-17-6-4-3-5-15(17)9-12-20(18)26-2/h3-13H,1-2H3,(H,23,27)/b19-13-. The summed E-state index contributed by atoms with van der Waals surface area (Å²) in [6, 6.07) is 19.6. The van der Waals surface area contributed by atoms with Crippen LogP contribution in [0.25, 0.3) is 16.8 Å². The highest BCUT2D eigenvalue weighted by Gasteiger charge is 2.32. The van der Waals surface area contributed by atoms with E-state index in [9.17, 15) is 4.79 Å². The summed E-state index contributed by atoms with van der Waals surface area (Å²) in [6.45, 7) is 2.00. The lowest BCUT2D eigenvalue weighted by Crippen LogP contribution is -2.30. The second kappa shape index (κ2) is 6.85. The topological polar surface area (TPSA) is 41.6 Å². The van der Waals surface area contributed by atoms with Gasteiger partial charge in [0, 0.05) is 5.56 Å².